The fourth-order valence-corrected chi connectivity index (χ4v) is 1.69. The maximum Gasteiger partial charge on any atom is 0.168 e. The van der Waals surface area contributed by atoms with Crippen molar-refractivity contribution < 1.29 is 13.5 Å². The molecule has 72 valence electrons. The number of phenolic OH excluding ortho intramolecular Hbond substituents is 1. The number of halogens is 1. The number of hydrogen-bond donors (Lipinski definition) is 1. The van der Waals surface area contributed by atoms with E-state index < -0.39 is 14.5 Å². The molecule has 0 bridgehead atoms. The summed E-state index contributed by atoms with van der Waals surface area (Å²) in [5.41, 5.74) is 0.379. The van der Waals surface area contributed by atoms with Gasteiger partial charge in [0.1, 0.15) is 5.75 Å². The fraction of sp³-hybridized carbons (Fsp3) is 0.250. The summed E-state index contributed by atoms with van der Waals surface area (Å²) in [6, 6.07) is 5.89. The predicted octanol–water partition coefficient (Wildman–Crippen LogP) is 1.67. The van der Waals surface area contributed by atoms with Gasteiger partial charge in [0.05, 0.1) is 0 Å². The Morgan fingerprint density at radius 2 is 2.08 bits per heavy atom. The van der Waals surface area contributed by atoms with E-state index in [4.69, 9.17) is 16.7 Å². The van der Waals surface area contributed by atoms with Crippen LogP contribution in [0.4, 0.5) is 0 Å². The summed E-state index contributed by atoms with van der Waals surface area (Å²) in [6.45, 7) is 0. The highest BCUT2D eigenvalue weighted by molar-refractivity contribution is 7.92. The second-order valence-electron chi connectivity index (χ2n) is 2.74. The van der Waals surface area contributed by atoms with E-state index in [-0.39, 0.29) is 5.75 Å². The van der Waals surface area contributed by atoms with Crippen molar-refractivity contribution in [3.63, 3.8) is 0 Å². The Kier molecular flexibility index (Phi) is 2.83. The zero-order valence-electron chi connectivity index (χ0n) is 6.94. The highest BCUT2D eigenvalue weighted by atomic mass is 35.5. The Bertz CT molecular complexity index is 400. The van der Waals surface area contributed by atoms with Gasteiger partial charge in [-0.3, -0.25) is 0 Å². The van der Waals surface area contributed by atoms with Gasteiger partial charge in [0.15, 0.2) is 14.5 Å². The van der Waals surface area contributed by atoms with Gasteiger partial charge in [-0.05, 0) is 17.7 Å². The molecular formula is C8H9ClO3S. The predicted molar refractivity (Wildman–Crippen MR) is 51.5 cm³/mol. The minimum Gasteiger partial charge on any atom is -0.508 e. The molecule has 1 aromatic carbocycles. The molecule has 0 heterocycles. The molecule has 0 fully saturated rings. The number of phenols is 1. The van der Waals surface area contributed by atoms with Crippen LogP contribution in [0.15, 0.2) is 24.3 Å². The second-order valence-corrected chi connectivity index (χ2v) is 5.57. The molecule has 5 heteroatoms. The van der Waals surface area contributed by atoms with Crippen molar-refractivity contribution in [2.45, 2.75) is 4.71 Å². The molecule has 1 unspecified atom stereocenters. The van der Waals surface area contributed by atoms with Crippen LogP contribution in [-0.4, -0.2) is 19.8 Å². The zero-order valence-corrected chi connectivity index (χ0v) is 8.51. The standard InChI is InChI=1S/C8H9ClO3S/c1-13(11,12)8(9)6-3-2-4-7(10)5-6/h2-5,8,10H,1H3. The molecule has 0 radical (unpaired) electrons. The molecule has 0 saturated heterocycles. The lowest BCUT2D eigenvalue weighted by Gasteiger charge is -2.07. The second kappa shape index (κ2) is 3.55. The van der Waals surface area contributed by atoms with Crippen molar-refractivity contribution in [1.82, 2.24) is 0 Å². The Morgan fingerprint density at radius 3 is 2.54 bits per heavy atom. The van der Waals surface area contributed by atoms with E-state index in [1.807, 2.05) is 0 Å². The maximum atomic E-state index is 11.0. The van der Waals surface area contributed by atoms with Crippen molar-refractivity contribution in [2.24, 2.45) is 0 Å². The maximum absolute atomic E-state index is 11.0. The SMILES string of the molecule is CS(=O)(=O)C(Cl)c1cccc(O)c1. The molecule has 1 N–H and O–H groups in total. The van der Waals surface area contributed by atoms with Crippen molar-refractivity contribution >= 4 is 21.4 Å². The summed E-state index contributed by atoms with van der Waals surface area (Å²) in [7, 11) is -3.32. The fourth-order valence-electron chi connectivity index (χ4n) is 0.913. The van der Waals surface area contributed by atoms with Gasteiger partial charge in [-0.15, -0.1) is 11.6 Å². The van der Waals surface area contributed by atoms with Crippen LogP contribution in [0, 0.1) is 0 Å². The number of rotatable bonds is 2. The van der Waals surface area contributed by atoms with E-state index >= 15 is 0 Å². The molecular weight excluding hydrogens is 212 g/mol. The monoisotopic (exact) mass is 220 g/mol. The van der Waals surface area contributed by atoms with Crippen LogP contribution in [0.5, 0.6) is 5.75 Å². The topological polar surface area (TPSA) is 54.4 Å². The number of sulfone groups is 1. The molecule has 0 saturated carbocycles. The first-order valence-corrected chi connectivity index (χ1v) is 5.92. The van der Waals surface area contributed by atoms with E-state index in [0.717, 1.165) is 6.26 Å². The van der Waals surface area contributed by atoms with Crippen LogP contribution >= 0.6 is 11.6 Å². The van der Waals surface area contributed by atoms with Gasteiger partial charge in [0.2, 0.25) is 0 Å². The summed E-state index contributed by atoms with van der Waals surface area (Å²) >= 11 is 5.66. The summed E-state index contributed by atoms with van der Waals surface area (Å²) < 4.78 is 21.0. The summed E-state index contributed by atoms with van der Waals surface area (Å²) in [5.74, 6) is 0.00630. The summed E-state index contributed by atoms with van der Waals surface area (Å²) in [4.78, 5) is 0. The van der Waals surface area contributed by atoms with Gasteiger partial charge in [-0.2, -0.15) is 0 Å². The molecule has 0 spiro atoms. The van der Waals surface area contributed by atoms with Crippen LogP contribution in [0.2, 0.25) is 0 Å². The Morgan fingerprint density at radius 1 is 1.46 bits per heavy atom. The largest absolute Gasteiger partial charge is 0.508 e. The van der Waals surface area contributed by atoms with Crippen LogP contribution in [0.3, 0.4) is 0 Å². The van der Waals surface area contributed by atoms with Crippen molar-refractivity contribution in [1.29, 1.82) is 0 Å². The van der Waals surface area contributed by atoms with Crippen molar-refractivity contribution in [3.8, 4) is 5.75 Å². The first-order chi connectivity index (χ1) is 5.91. The van der Waals surface area contributed by atoms with Crippen molar-refractivity contribution in [2.75, 3.05) is 6.26 Å². The van der Waals surface area contributed by atoms with Gasteiger partial charge in [0, 0.05) is 6.26 Å². The minimum absolute atomic E-state index is 0.00630. The van der Waals surface area contributed by atoms with E-state index in [0.29, 0.717) is 5.56 Å². The molecule has 0 aromatic heterocycles. The highest BCUT2D eigenvalue weighted by Crippen LogP contribution is 2.27. The lowest BCUT2D eigenvalue weighted by Crippen LogP contribution is -2.04. The molecule has 3 nitrogen and oxygen atoms in total. The first kappa shape index (κ1) is 10.3. The summed E-state index contributed by atoms with van der Waals surface area (Å²) in [6.07, 6.45) is 1.05. The third-order valence-electron chi connectivity index (χ3n) is 1.51. The smallest absolute Gasteiger partial charge is 0.168 e. The lowest BCUT2D eigenvalue weighted by atomic mass is 10.2. The Labute approximate surface area is 81.9 Å². The van der Waals surface area contributed by atoms with Crippen LogP contribution in [-0.2, 0) is 9.84 Å². The van der Waals surface area contributed by atoms with Gasteiger partial charge < -0.3 is 5.11 Å². The Hall–Kier alpha value is -0.740. The zero-order chi connectivity index (χ0) is 10.1. The number of aromatic hydroxyl groups is 1. The quantitative estimate of drug-likeness (QED) is 0.772. The molecule has 1 atom stereocenters. The number of alkyl halides is 1. The molecule has 1 aromatic rings. The average Bonchev–Trinajstić information content (AvgIpc) is 2.01. The lowest BCUT2D eigenvalue weighted by molar-refractivity contribution is 0.475. The van der Waals surface area contributed by atoms with E-state index in [1.54, 1.807) is 12.1 Å². The van der Waals surface area contributed by atoms with Crippen LogP contribution < -0.4 is 0 Å². The van der Waals surface area contributed by atoms with Gasteiger partial charge in [0.25, 0.3) is 0 Å². The third kappa shape index (κ3) is 2.60. The van der Waals surface area contributed by atoms with Gasteiger partial charge >= 0.3 is 0 Å². The molecule has 0 amide bonds. The summed E-state index contributed by atoms with van der Waals surface area (Å²) in [5, 5.41) is 9.07. The molecule has 0 aliphatic rings. The average molecular weight is 221 g/mol. The number of hydrogen-bond acceptors (Lipinski definition) is 3. The molecule has 0 aliphatic carbocycles. The minimum atomic E-state index is -3.32. The number of benzene rings is 1. The van der Waals surface area contributed by atoms with Crippen LogP contribution in [0.25, 0.3) is 0 Å². The third-order valence-corrected chi connectivity index (χ3v) is 3.76. The Balaban J connectivity index is 3.10. The molecule has 0 aliphatic heterocycles. The van der Waals surface area contributed by atoms with Gasteiger partial charge in [-0.25, -0.2) is 8.42 Å². The van der Waals surface area contributed by atoms with E-state index in [2.05, 4.69) is 0 Å². The van der Waals surface area contributed by atoms with E-state index in [9.17, 15) is 8.42 Å². The molecule has 1 rings (SSSR count). The highest BCUT2D eigenvalue weighted by Gasteiger charge is 2.19. The first-order valence-electron chi connectivity index (χ1n) is 3.53. The van der Waals surface area contributed by atoms with Crippen molar-refractivity contribution in [3.05, 3.63) is 29.8 Å². The van der Waals surface area contributed by atoms with Crippen LogP contribution in [0.1, 0.15) is 10.3 Å². The van der Waals surface area contributed by atoms with Gasteiger partial charge in [-0.1, -0.05) is 12.1 Å². The van der Waals surface area contributed by atoms with E-state index in [1.165, 1.54) is 12.1 Å². The molecule has 13 heavy (non-hydrogen) atoms. The normalized spacial score (nSPS) is 14.0.